The molecule has 1 amide bonds. The molecule has 0 aliphatic heterocycles. The highest BCUT2D eigenvalue weighted by Gasteiger charge is 2.37. The third-order valence-corrected chi connectivity index (χ3v) is 7.08. The van der Waals surface area contributed by atoms with E-state index in [1.54, 1.807) is 12.3 Å². The Bertz CT molecular complexity index is 1150. The molecule has 0 unspecified atom stereocenters. The third-order valence-electron chi connectivity index (χ3n) is 7.08. The summed E-state index contributed by atoms with van der Waals surface area (Å²) in [6.07, 6.45) is 8.22. The van der Waals surface area contributed by atoms with Gasteiger partial charge in [-0.15, -0.1) is 5.10 Å². The summed E-state index contributed by atoms with van der Waals surface area (Å²) in [6.45, 7) is 6.19. The Morgan fingerprint density at radius 2 is 1.78 bits per heavy atom. The van der Waals surface area contributed by atoms with Crippen molar-refractivity contribution in [1.82, 2.24) is 29.8 Å². The average Bonchev–Trinajstić information content (AvgIpc) is 3.45. The molecule has 3 aromatic heterocycles. The van der Waals surface area contributed by atoms with Crippen LogP contribution in [0.25, 0.3) is 0 Å². The van der Waals surface area contributed by atoms with Crippen molar-refractivity contribution in [3.63, 3.8) is 0 Å². The standard InChI is InChI=1S/C24H31N7O/c1-14-13-19(11-12-25-14)26-24(32)22-23(18-5-6-18)31(29-27-22)20-9-7-17(8-10-20)21-15(2)28-30(4)16(21)3/h11-13,17-18,20H,5-10H2,1-4H3,(H,25,26,32). The maximum Gasteiger partial charge on any atom is 0.278 e. The van der Waals surface area contributed by atoms with E-state index in [0.717, 1.165) is 61.3 Å². The van der Waals surface area contributed by atoms with Crippen LogP contribution in [0.15, 0.2) is 18.3 Å². The number of rotatable bonds is 5. The van der Waals surface area contributed by atoms with Gasteiger partial charge in [0.05, 0.1) is 17.4 Å². The maximum absolute atomic E-state index is 13.0. The van der Waals surface area contributed by atoms with Gasteiger partial charge >= 0.3 is 0 Å². The highest BCUT2D eigenvalue weighted by molar-refractivity contribution is 6.03. The molecule has 32 heavy (non-hydrogen) atoms. The topological polar surface area (TPSA) is 90.5 Å². The number of amides is 1. The lowest BCUT2D eigenvalue weighted by Gasteiger charge is -2.29. The predicted molar refractivity (Wildman–Crippen MR) is 122 cm³/mol. The first-order valence-corrected chi connectivity index (χ1v) is 11.6. The number of nitrogens with one attached hydrogen (secondary N) is 1. The van der Waals surface area contributed by atoms with Crippen molar-refractivity contribution >= 4 is 11.6 Å². The maximum atomic E-state index is 13.0. The van der Waals surface area contributed by atoms with Gasteiger partial charge in [0.25, 0.3) is 5.91 Å². The normalized spacial score (nSPS) is 21.0. The third kappa shape index (κ3) is 3.82. The van der Waals surface area contributed by atoms with Crippen molar-refractivity contribution in [3.8, 4) is 0 Å². The largest absolute Gasteiger partial charge is 0.320 e. The van der Waals surface area contributed by atoms with Gasteiger partial charge in [-0.3, -0.25) is 14.5 Å². The molecule has 168 valence electrons. The number of aryl methyl sites for hydroxylation is 3. The van der Waals surface area contributed by atoms with Crippen molar-refractivity contribution < 1.29 is 4.79 Å². The van der Waals surface area contributed by atoms with Gasteiger partial charge in [0.1, 0.15) is 0 Å². The van der Waals surface area contributed by atoms with E-state index < -0.39 is 0 Å². The molecule has 8 heteroatoms. The number of nitrogens with zero attached hydrogens (tertiary/aromatic N) is 6. The molecule has 0 bridgehead atoms. The Morgan fingerprint density at radius 3 is 2.41 bits per heavy atom. The zero-order chi connectivity index (χ0) is 22.4. The lowest BCUT2D eigenvalue weighted by molar-refractivity contribution is 0.102. The smallest absolute Gasteiger partial charge is 0.278 e. The van der Waals surface area contributed by atoms with Crippen LogP contribution < -0.4 is 5.32 Å². The Morgan fingerprint density at radius 1 is 1.06 bits per heavy atom. The first-order chi connectivity index (χ1) is 15.4. The van der Waals surface area contributed by atoms with Crippen molar-refractivity contribution in [2.24, 2.45) is 7.05 Å². The summed E-state index contributed by atoms with van der Waals surface area (Å²) in [6, 6.07) is 3.97. The zero-order valence-electron chi connectivity index (χ0n) is 19.3. The van der Waals surface area contributed by atoms with E-state index >= 15 is 0 Å². The molecule has 0 atom stereocenters. The van der Waals surface area contributed by atoms with Gasteiger partial charge in [-0.25, -0.2) is 4.68 Å². The van der Waals surface area contributed by atoms with Gasteiger partial charge in [-0.05, 0) is 82.9 Å². The lowest BCUT2D eigenvalue weighted by Crippen LogP contribution is -2.21. The van der Waals surface area contributed by atoms with Gasteiger partial charge in [-0.1, -0.05) is 5.21 Å². The Kier molecular flexibility index (Phi) is 5.31. The fourth-order valence-corrected chi connectivity index (χ4v) is 5.27. The fraction of sp³-hybridized carbons (Fsp3) is 0.542. The number of anilines is 1. The molecule has 2 aliphatic carbocycles. The molecule has 2 saturated carbocycles. The van der Waals surface area contributed by atoms with Crippen LogP contribution in [-0.4, -0.2) is 35.7 Å². The van der Waals surface area contributed by atoms with Gasteiger partial charge < -0.3 is 5.32 Å². The van der Waals surface area contributed by atoms with Crippen LogP contribution in [0.4, 0.5) is 5.69 Å². The van der Waals surface area contributed by atoms with Crippen LogP contribution in [0.5, 0.6) is 0 Å². The second-order valence-electron chi connectivity index (χ2n) is 9.40. The molecule has 3 aromatic rings. The van der Waals surface area contributed by atoms with Crippen LogP contribution in [0, 0.1) is 20.8 Å². The van der Waals surface area contributed by atoms with Crippen LogP contribution in [0.1, 0.15) is 95.2 Å². The molecule has 1 N–H and O–H groups in total. The Hall–Kier alpha value is -3.03. The molecule has 5 rings (SSSR count). The summed E-state index contributed by atoms with van der Waals surface area (Å²) < 4.78 is 4.07. The number of hydrogen-bond acceptors (Lipinski definition) is 5. The van der Waals surface area contributed by atoms with Crippen molar-refractivity contribution in [2.45, 2.75) is 77.2 Å². The highest BCUT2D eigenvalue weighted by Crippen LogP contribution is 2.45. The summed E-state index contributed by atoms with van der Waals surface area (Å²) in [5.74, 6) is 0.759. The summed E-state index contributed by atoms with van der Waals surface area (Å²) >= 11 is 0. The molecule has 8 nitrogen and oxygen atoms in total. The van der Waals surface area contributed by atoms with Gasteiger partial charge in [0.2, 0.25) is 0 Å². The SMILES string of the molecule is Cc1cc(NC(=O)c2nnn(C3CCC(c4c(C)nn(C)c4C)CC3)c2C2CC2)ccn1. The summed E-state index contributed by atoms with van der Waals surface area (Å²) in [7, 11) is 2.02. The van der Waals surface area contributed by atoms with Crippen molar-refractivity contribution in [3.05, 3.63) is 52.4 Å². The summed E-state index contributed by atoms with van der Waals surface area (Å²) in [4.78, 5) is 17.2. The van der Waals surface area contributed by atoms with E-state index in [0.29, 0.717) is 23.6 Å². The van der Waals surface area contributed by atoms with E-state index in [4.69, 9.17) is 0 Å². The van der Waals surface area contributed by atoms with Crippen LogP contribution in [0.2, 0.25) is 0 Å². The number of carbonyl (C=O) groups is 1. The van der Waals surface area contributed by atoms with Gasteiger partial charge in [0, 0.05) is 36.2 Å². The molecule has 0 radical (unpaired) electrons. The zero-order valence-corrected chi connectivity index (χ0v) is 19.3. The molecule has 0 saturated heterocycles. The molecule has 3 heterocycles. The summed E-state index contributed by atoms with van der Waals surface area (Å²) in [5, 5.41) is 16.4. The quantitative estimate of drug-likeness (QED) is 0.646. The predicted octanol–water partition coefficient (Wildman–Crippen LogP) is 4.36. The Labute approximate surface area is 188 Å². The van der Waals surface area contributed by atoms with Crippen LogP contribution in [0.3, 0.4) is 0 Å². The minimum Gasteiger partial charge on any atom is -0.320 e. The average molecular weight is 434 g/mol. The number of carbonyl (C=O) groups excluding carboxylic acids is 1. The molecular formula is C24H31N7O. The Balaban J connectivity index is 1.34. The molecule has 0 aromatic carbocycles. The minimum atomic E-state index is -0.181. The van der Waals surface area contributed by atoms with E-state index in [1.165, 1.54) is 11.3 Å². The minimum absolute atomic E-state index is 0.181. The second kappa shape index (κ2) is 8.15. The monoisotopic (exact) mass is 433 g/mol. The number of aromatic nitrogens is 6. The molecule has 0 spiro atoms. The highest BCUT2D eigenvalue weighted by atomic mass is 16.2. The van der Waals surface area contributed by atoms with E-state index in [9.17, 15) is 4.79 Å². The molecular weight excluding hydrogens is 402 g/mol. The molecule has 2 aliphatic rings. The van der Waals surface area contributed by atoms with Crippen LogP contribution >= 0.6 is 0 Å². The second-order valence-corrected chi connectivity index (χ2v) is 9.40. The molecule has 2 fully saturated rings. The van der Waals surface area contributed by atoms with Crippen molar-refractivity contribution in [1.29, 1.82) is 0 Å². The number of pyridine rings is 1. The van der Waals surface area contributed by atoms with E-state index in [-0.39, 0.29) is 5.91 Å². The first kappa shape index (κ1) is 20.8. The van der Waals surface area contributed by atoms with E-state index in [2.05, 4.69) is 44.2 Å². The van der Waals surface area contributed by atoms with Crippen LogP contribution in [-0.2, 0) is 7.05 Å². The lowest BCUT2D eigenvalue weighted by atomic mass is 9.81. The van der Waals surface area contributed by atoms with Gasteiger partial charge in [-0.2, -0.15) is 5.10 Å². The number of hydrogen-bond donors (Lipinski definition) is 1. The fourth-order valence-electron chi connectivity index (χ4n) is 5.27. The van der Waals surface area contributed by atoms with Gasteiger partial charge in [0.15, 0.2) is 5.69 Å². The van der Waals surface area contributed by atoms with E-state index in [1.807, 2.05) is 24.7 Å². The van der Waals surface area contributed by atoms with Crippen molar-refractivity contribution in [2.75, 3.05) is 5.32 Å². The first-order valence-electron chi connectivity index (χ1n) is 11.6. The summed E-state index contributed by atoms with van der Waals surface area (Å²) in [5.41, 5.74) is 6.94.